The molecule has 0 amide bonds. The predicted molar refractivity (Wildman–Crippen MR) is 104 cm³/mol. The van der Waals surface area contributed by atoms with Crippen molar-refractivity contribution >= 4 is 21.5 Å². The van der Waals surface area contributed by atoms with Crippen LogP contribution in [-0.4, -0.2) is 38.2 Å². The van der Waals surface area contributed by atoms with Crippen molar-refractivity contribution in [2.24, 2.45) is 5.92 Å². The van der Waals surface area contributed by atoms with Gasteiger partial charge < -0.3 is 10.2 Å². The zero-order valence-corrected chi connectivity index (χ0v) is 16.5. The number of hydrogen-bond acceptors (Lipinski definition) is 6. The van der Waals surface area contributed by atoms with Gasteiger partial charge in [-0.1, -0.05) is 26.0 Å². The summed E-state index contributed by atoms with van der Waals surface area (Å²) in [5.41, 5.74) is 1.90. The van der Waals surface area contributed by atoms with Gasteiger partial charge in [-0.2, -0.15) is 0 Å². The number of anilines is 2. The molecule has 1 aromatic heterocycles. The molecular formula is C19H26N4O2S. The number of rotatable bonds is 5. The third kappa shape index (κ3) is 3.82. The second kappa shape index (κ2) is 7.23. The van der Waals surface area contributed by atoms with Crippen molar-refractivity contribution in [3.8, 4) is 0 Å². The van der Waals surface area contributed by atoms with Gasteiger partial charge in [0.2, 0.25) is 0 Å². The van der Waals surface area contributed by atoms with Crippen molar-refractivity contribution in [2.75, 3.05) is 30.1 Å². The van der Waals surface area contributed by atoms with Crippen LogP contribution in [-0.2, 0) is 16.3 Å². The lowest BCUT2D eigenvalue weighted by atomic mass is 9.94. The Morgan fingerprint density at radius 3 is 2.62 bits per heavy atom. The van der Waals surface area contributed by atoms with Crippen LogP contribution in [0.5, 0.6) is 0 Å². The SMILES string of the molecule is CC(C)[C@@H](Nc1cc(N(C)C)ncn1)c1ccc2c(c1)S(=O)(=O)CCC2. The average molecular weight is 375 g/mol. The second-order valence-electron chi connectivity index (χ2n) is 7.31. The fraction of sp³-hybridized carbons (Fsp3) is 0.474. The molecule has 6 nitrogen and oxygen atoms in total. The molecule has 1 aliphatic heterocycles. The molecule has 140 valence electrons. The van der Waals surface area contributed by atoms with E-state index in [-0.39, 0.29) is 17.7 Å². The van der Waals surface area contributed by atoms with Gasteiger partial charge in [-0.3, -0.25) is 0 Å². The van der Waals surface area contributed by atoms with E-state index in [2.05, 4.69) is 29.1 Å². The number of fused-ring (bicyclic) bond motifs is 1. The number of nitrogens with zero attached hydrogens (tertiary/aromatic N) is 3. The minimum Gasteiger partial charge on any atom is -0.363 e. The first kappa shape index (κ1) is 18.6. The van der Waals surface area contributed by atoms with E-state index in [0.29, 0.717) is 11.3 Å². The first-order valence-corrected chi connectivity index (χ1v) is 10.5. The van der Waals surface area contributed by atoms with E-state index in [9.17, 15) is 8.42 Å². The second-order valence-corrected chi connectivity index (χ2v) is 9.39. The molecule has 1 aliphatic rings. The van der Waals surface area contributed by atoms with Crippen molar-refractivity contribution in [1.29, 1.82) is 0 Å². The van der Waals surface area contributed by atoms with E-state index in [1.807, 2.05) is 43.3 Å². The van der Waals surface area contributed by atoms with Gasteiger partial charge in [-0.25, -0.2) is 18.4 Å². The monoisotopic (exact) mass is 374 g/mol. The van der Waals surface area contributed by atoms with Gasteiger partial charge in [-0.05, 0) is 36.0 Å². The number of aryl methyl sites for hydroxylation is 1. The van der Waals surface area contributed by atoms with Crippen LogP contribution in [0.25, 0.3) is 0 Å². The number of nitrogens with one attached hydrogen (secondary N) is 1. The molecule has 0 spiro atoms. The van der Waals surface area contributed by atoms with Crippen molar-refractivity contribution < 1.29 is 8.42 Å². The number of hydrogen-bond donors (Lipinski definition) is 1. The summed E-state index contributed by atoms with van der Waals surface area (Å²) in [4.78, 5) is 11.0. The maximum Gasteiger partial charge on any atom is 0.178 e. The van der Waals surface area contributed by atoms with Crippen LogP contribution < -0.4 is 10.2 Å². The Morgan fingerprint density at radius 2 is 1.92 bits per heavy atom. The van der Waals surface area contributed by atoms with E-state index in [1.165, 1.54) is 6.33 Å². The highest BCUT2D eigenvalue weighted by Gasteiger charge is 2.26. The average Bonchev–Trinajstić information content (AvgIpc) is 2.59. The fourth-order valence-corrected chi connectivity index (χ4v) is 4.92. The van der Waals surface area contributed by atoms with Gasteiger partial charge in [-0.15, -0.1) is 0 Å². The highest BCUT2D eigenvalue weighted by Crippen LogP contribution is 2.32. The van der Waals surface area contributed by atoms with Crippen molar-refractivity contribution in [1.82, 2.24) is 9.97 Å². The molecule has 0 fully saturated rings. The quantitative estimate of drug-likeness (QED) is 0.867. The molecule has 0 unspecified atom stereocenters. The molecule has 3 rings (SSSR count). The largest absolute Gasteiger partial charge is 0.363 e. The number of sulfone groups is 1. The molecule has 1 N–H and O–H groups in total. The maximum absolute atomic E-state index is 12.4. The first-order chi connectivity index (χ1) is 12.3. The molecule has 26 heavy (non-hydrogen) atoms. The molecule has 0 radical (unpaired) electrons. The van der Waals surface area contributed by atoms with Crippen LogP contribution in [0, 0.1) is 5.92 Å². The van der Waals surface area contributed by atoms with Crippen LogP contribution in [0.2, 0.25) is 0 Å². The highest BCUT2D eigenvalue weighted by atomic mass is 32.2. The Kier molecular flexibility index (Phi) is 5.18. The van der Waals surface area contributed by atoms with E-state index in [4.69, 9.17) is 0 Å². The molecule has 1 atom stereocenters. The molecule has 0 aliphatic carbocycles. The molecule has 2 aromatic rings. The van der Waals surface area contributed by atoms with E-state index >= 15 is 0 Å². The van der Waals surface area contributed by atoms with Crippen molar-refractivity contribution in [2.45, 2.75) is 37.6 Å². The topological polar surface area (TPSA) is 75.2 Å². The Morgan fingerprint density at radius 1 is 1.15 bits per heavy atom. The van der Waals surface area contributed by atoms with Gasteiger partial charge in [0.1, 0.15) is 18.0 Å². The number of aromatic nitrogens is 2. The van der Waals surface area contributed by atoms with Crippen LogP contribution >= 0.6 is 0 Å². The summed E-state index contributed by atoms with van der Waals surface area (Å²) in [5.74, 6) is 2.04. The summed E-state index contributed by atoms with van der Waals surface area (Å²) < 4.78 is 24.9. The summed E-state index contributed by atoms with van der Waals surface area (Å²) in [6.07, 6.45) is 3.06. The lowest BCUT2D eigenvalue weighted by Gasteiger charge is -2.26. The standard InChI is InChI=1S/C19H26N4O2S/c1-13(2)19(22-17-11-18(23(3)4)21-12-20-17)15-8-7-14-6-5-9-26(24,25)16(14)10-15/h7-8,10-13,19H,5-6,9H2,1-4H3,(H,20,21,22)/t19-/m1/s1. The molecule has 0 bridgehead atoms. The summed E-state index contributed by atoms with van der Waals surface area (Å²) in [6.45, 7) is 4.22. The lowest BCUT2D eigenvalue weighted by Crippen LogP contribution is -2.21. The number of benzene rings is 1. The van der Waals surface area contributed by atoms with Crippen molar-refractivity contribution in [3.63, 3.8) is 0 Å². The predicted octanol–water partition coefficient (Wildman–Crippen LogP) is 3.07. The Hall–Kier alpha value is -2.15. The van der Waals surface area contributed by atoms with Gasteiger partial charge in [0, 0.05) is 20.2 Å². The summed E-state index contributed by atoms with van der Waals surface area (Å²) >= 11 is 0. The van der Waals surface area contributed by atoms with Crippen LogP contribution in [0.15, 0.2) is 35.5 Å². The summed E-state index contributed by atoms with van der Waals surface area (Å²) in [6, 6.07) is 7.69. The maximum atomic E-state index is 12.4. The smallest absolute Gasteiger partial charge is 0.178 e. The van der Waals surface area contributed by atoms with Crippen LogP contribution in [0.1, 0.15) is 37.4 Å². The lowest BCUT2D eigenvalue weighted by molar-refractivity contribution is 0.542. The molecular weight excluding hydrogens is 348 g/mol. The zero-order chi connectivity index (χ0) is 18.9. The van der Waals surface area contributed by atoms with E-state index in [0.717, 1.165) is 29.2 Å². The normalized spacial score (nSPS) is 16.8. The minimum atomic E-state index is -3.17. The third-order valence-electron chi connectivity index (χ3n) is 4.73. The summed E-state index contributed by atoms with van der Waals surface area (Å²) in [5, 5.41) is 3.45. The Balaban J connectivity index is 1.95. The van der Waals surface area contributed by atoms with Gasteiger partial charge >= 0.3 is 0 Å². The van der Waals surface area contributed by atoms with E-state index < -0.39 is 9.84 Å². The highest BCUT2D eigenvalue weighted by molar-refractivity contribution is 7.91. The van der Waals surface area contributed by atoms with Gasteiger partial charge in [0.15, 0.2) is 9.84 Å². The van der Waals surface area contributed by atoms with Crippen LogP contribution in [0.4, 0.5) is 11.6 Å². The first-order valence-electron chi connectivity index (χ1n) is 8.89. The molecule has 0 saturated heterocycles. The van der Waals surface area contributed by atoms with Crippen molar-refractivity contribution in [3.05, 3.63) is 41.7 Å². The molecule has 7 heteroatoms. The fourth-order valence-electron chi connectivity index (χ4n) is 3.29. The summed E-state index contributed by atoms with van der Waals surface area (Å²) in [7, 11) is 0.687. The minimum absolute atomic E-state index is 0.0395. The molecule has 1 aromatic carbocycles. The molecule has 0 saturated carbocycles. The zero-order valence-electron chi connectivity index (χ0n) is 15.7. The van der Waals surface area contributed by atoms with E-state index in [1.54, 1.807) is 0 Å². The molecule has 2 heterocycles. The Labute approximate surface area is 155 Å². The van der Waals surface area contributed by atoms with Crippen LogP contribution in [0.3, 0.4) is 0 Å². The third-order valence-corrected chi connectivity index (χ3v) is 6.60. The van der Waals surface area contributed by atoms with Gasteiger partial charge in [0.05, 0.1) is 16.7 Å². The Bertz CT molecular complexity index is 894. The van der Waals surface area contributed by atoms with Gasteiger partial charge in [0.25, 0.3) is 0 Å².